The smallest absolute Gasteiger partial charge is 0.657 e. The van der Waals surface area contributed by atoms with Crippen molar-refractivity contribution in [1.29, 1.82) is 0 Å². The van der Waals surface area contributed by atoms with Gasteiger partial charge < -0.3 is 19.8 Å². The second-order valence-electron chi connectivity index (χ2n) is 11.3. The second-order valence-corrected chi connectivity index (χ2v) is 11.3. The van der Waals surface area contributed by atoms with Crippen LogP contribution in [0.25, 0.3) is 33.2 Å². The number of hydrogen-bond donors (Lipinski definition) is 1. The molecule has 0 aromatic carbocycles. The van der Waals surface area contributed by atoms with Crippen LogP contribution in [0.15, 0.2) is 18.2 Å². The molecule has 3 aromatic rings. The van der Waals surface area contributed by atoms with Gasteiger partial charge in [0.2, 0.25) is 0 Å². The molecule has 6 rings (SSSR count). The van der Waals surface area contributed by atoms with E-state index in [9.17, 15) is 14.7 Å². The molecular weight excluding hydrogens is 575 g/mol. The fourth-order valence-electron chi connectivity index (χ4n) is 6.61. The van der Waals surface area contributed by atoms with Crippen molar-refractivity contribution in [3.05, 3.63) is 68.8 Å². The molecule has 3 aliphatic rings. The van der Waals surface area contributed by atoms with E-state index in [-0.39, 0.29) is 59.5 Å². The number of methoxy groups -OCH3 is 1. The van der Waals surface area contributed by atoms with Gasteiger partial charge in [0.15, 0.2) is 5.78 Å². The number of carbonyl (C=O) groups is 2. The number of nitrogens with zero attached hydrogens (tertiary/aromatic N) is 4. The van der Waals surface area contributed by atoms with E-state index in [0.29, 0.717) is 23.0 Å². The molecule has 1 N–H and O–H groups in total. The van der Waals surface area contributed by atoms with Crippen molar-refractivity contribution >= 4 is 45.0 Å². The summed E-state index contributed by atoms with van der Waals surface area (Å²) < 4.78 is 4.93. The summed E-state index contributed by atoms with van der Waals surface area (Å²) in [6.45, 7) is 10.0. The number of aliphatic hydroxyl groups excluding tert-OH is 1. The average molecular weight is 609 g/mol. The molecule has 8 bridgehead atoms. The second kappa shape index (κ2) is 11.3. The molecule has 42 heavy (non-hydrogen) atoms. The fourth-order valence-corrected chi connectivity index (χ4v) is 6.61. The molecule has 2 aliphatic heterocycles. The van der Waals surface area contributed by atoms with E-state index in [1.54, 1.807) is 0 Å². The van der Waals surface area contributed by atoms with Crippen LogP contribution in [0.5, 0.6) is 0 Å². The number of ether oxygens (including phenoxy) is 1. The van der Waals surface area contributed by atoms with Gasteiger partial charge in [-0.15, -0.1) is 22.1 Å². The van der Waals surface area contributed by atoms with Gasteiger partial charge >= 0.3 is 22.5 Å². The molecule has 0 fully saturated rings. The quantitative estimate of drug-likeness (QED) is 0.294. The molecule has 2 atom stereocenters. The van der Waals surface area contributed by atoms with E-state index in [1.165, 1.54) is 7.11 Å². The van der Waals surface area contributed by atoms with Gasteiger partial charge in [-0.2, -0.15) is 0 Å². The summed E-state index contributed by atoms with van der Waals surface area (Å²) in [6.07, 6.45) is 1.83. The van der Waals surface area contributed by atoms with Crippen LogP contribution < -0.4 is 9.97 Å². The Morgan fingerprint density at radius 3 is 2.45 bits per heavy atom. The molecule has 0 spiro atoms. The number of carbonyl (C=O) groups excluding carboxylic acids is 2. The van der Waals surface area contributed by atoms with Crippen LogP contribution in [0.4, 0.5) is 0 Å². The van der Waals surface area contributed by atoms with Gasteiger partial charge in [-0.3, -0.25) is 14.6 Å². The van der Waals surface area contributed by atoms with E-state index in [2.05, 4.69) is 20.8 Å². The molecule has 0 unspecified atom stereocenters. The van der Waals surface area contributed by atoms with Gasteiger partial charge in [0.25, 0.3) is 0 Å². The zero-order chi connectivity index (χ0) is 29.2. The van der Waals surface area contributed by atoms with Crippen molar-refractivity contribution in [2.75, 3.05) is 7.11 Å². The van der Waals surface area contributed by atoms with Crippen molar-refractivity contribution in [1.82, 2.24) is 19.9 Å². The monoisotopic (exact) mass is 608 g/mol. The summed E-state index contributed by atoms with van der Waals surface area (Å²) in [7, 11) is 1.39. The summed E-state index contributed by atoms with van der Waals surface area (Å²) in [5.74, 6) is -0.332. The van der Waals surface area contributed by atoms with Gasteiger partial charge in [-0.05, 0) is 55.9 Å². The number of ketones is 1. The maximum atomic E-state index is 13.4. The largest absolute Gasteiger partial charge is 2.00 e. The Labute approximate surface area is 255 Å². The van der Waals surface area contributed by atoms with Crippen LogP contribution in [0, 0.1) is 13.8 Å². The van der Waals surface area contributed by atoms with Gasteiger partial charge in [-0.25, -0.2) is 4.98 Å². The summed E-state index contributed by atoms with van der Waals surface area (Å²) in [6, 6.07) is 5.91. The third-order valence-corrected chi connectivity index (χ3v) is 9.11. The molecule has 0 amide bonds. The fraction of sp³-hybridized carbons (Fsp3) is 0.394. The maximum absolute atomic E-state index is 13.4. The average Bonchev–Trinajstić information content (AvgIpc) is 3.70. The Balaban J connectivity index is 0.00000353. The van der Waals surface area contributed by atoms with Gasteiger partial charge in [0.1, 0.15) is 0 Å². The third kappa shape index (κ3) is 4.63. The summed E-state index contributed by atoms with van der Waals surface area (Å²) in [5.41, 5.74) is 12.4. The topological polar surface area (TPSA) is 118 Å². The Morgan fingerprint density at radius 2 is 1.76 bits per heavy atom. The first-order valence-corrected chi connectivity index (χ1v) is 14.2. The first kappa shape index (κ1) is 29.9. The number of Topliss-reactive ketones (excluding diaryl/α,β-unsaturated/α-hetero) is 1. The molecule has 0 radical (unpaired) electrons. The van der Waals surface area contributed by atoms with E-state index in [0.717, 1.165) is 73.6 Å². The first-order chi connectivity index (χ1) is 19.7. The van der Waals surface area contributed by atoms with Crippen LogP contribution in [0.3, 0.4) is 0 Å². The first-order valence-electron chi connectivity index (χ1n) is 14.2. The van der Waals surface area contributed by atoms with E-state index >= 15 is 0 Å². The van der Waals surface area contributed by atoms with E-state index in [1.807, 2.05) is 32.0 Å². The van der Waals surface area contributed by atoms with Gasteiger partial charge in [0.05, 0.1) is 25.1 Å². The Bertz CT molecular complexity index is 1830. The van der Waals surface area contributed by atoms with Crippen molar-refractivity contribution in [3.8, 4) is 0 Å². The number of aliphatic hydroxyl groups is 1. The molecule has 9 heteroatoms. The molecule has 0 saturated heterocycles. The number of hydrogen-bond acceptors (Lipinski definition) is 6. The summed E-state index contributed by atoms with van der Waals surface area (Å²) in [5, 5.41) is 10.3. The van der Waals surface area contributed by atoms with Crippen LogP contribution in [0.2, 0.25) is 0 Å². The zero-order valence-electron chi connectivity index (χ0n) is 24.7. The minimum Gasteiger partial charge on any atom is -0.657 e. The normalized spacial score (nSPS) is 17.5. The van der Waals surface area contributed by atoms with Crippen LogP contribution in [-0.4, -0.2) is 33.9 Å². The van der Waals surface area contributed by atoms with E-state index < -0.39 is 0 Å². The van der Waals surface area contributed by atoms with Gasteiger partial charge in [-0.1, -0.05) is 43.2 Å². The molecule has 1 aliphatic carbocycles. The Hall–Kier alpha value is -3.55. The standard InChI is InChI=1S/C33H35N4O4.Ni/c1-7-19-15(2)24-12-28-22(14-38)17(4)23(35-28)11-25-16(3)20(8-9-30(40)41-6)32(36-25)21-10-29(39)31-18(5)26(37-33(21)31)13-27(19)34-24;/h11-13,16,20,38H,7-10,14H2,1-6H3,(H-,34,35,36,37,39);/q-1;+2/p-1/t16-,20-;/m0./s1. The van der Waals surface area contributed by atoms with Gasteiger partial charge in [0, 0.05) is 41.6 Å². The molecule has 5 heterocycles. The number of esters is 1. The Morgan fingerprint density at radius 1 is 1.05 bits per heavy atom. The third-order valence-electron chi connectivity index (χ3n) is 9.11. The van der Waals surface area contributed by atoms with Crippen molar-refractivity contribution < 1.29 is 35.9 Å². The van der Waals surface area contributed by atoms with Crippen LogP contribution >= 0.6 is 0 Å². The number of aryl methyl sites for hydroxylation is 2. The van der Waals surface area contributed by atoms with Crippen LogP contribution in [0.1, 0.15) is 107 Å². The minimum absolute atomic E-state index is 0. The van der Waals surface area contributed by atoms with Crippen molar-refractivity contribution in [3.63, 3.8) is 0 Å². The summed E-state index contributed by atoms with van der Waals surface area (Å²) >= 11 is 0. The molecular formula is C33H34N4NiO4. The minimum atomic E-state index is -0.274. The van der Waals surface area contributed by atoms with E-state index in [4.69, 9.17) is 24.7 Å². The number of fused-ring (bicyclic) bond motifs is 8. The predicted octanol–water partition coefficient (Wildman–Crippen LogP) is 5.60. The molecule has 3 aromatic heterocycles. The summed E-state index contributed by atoms with van der Waals surface area (Å²) in [4.78, 5) is 45.6. The molecule has 220 valence electrons. The maximum Gasteiger partial charge on any atom is 2.00 e. The van der Waals surface area contributed by atoms with Crippen molar-refractivity contribution in [2.24, 2.45) is 0 Å². The zero-order valence-corrected chi connectivity index (χ0v) is 25.7. The number of rotatable bonds is 5. The predicted molar refractivity (Wildman–Crippen MR) is 158 cm³/mol. The number of allylic oxidation sites excluding steroid dienone is 2. The Kier molecular flexibility index (Phi) is 8.03. The van der Waals surface area contributed by atoms with Crippen molar-refractivity contribution in [2.45, 2.75) is 78.7 Å². The molecule has 0 saturated carbocycles. The number of aromatic nitrogens is 4. The SMILES string of the molecule is CCC1=C(C)c2cc3[n-]c(cc4nc(c5c6[n-]c(cc1n2)c(C)c6C(=O)C5)[C@@H](CCC(=O)OC)[C@@H]4C)c(C)c3CO.[Ni+2]. The van der Waals surface area contributed by atoms with Crippen LogP contribution in [-0.2, 0) is 39.1 Å². The molecule has 8 nitrogen and oxygen atoms in total.